The molecule has 1 aromatic carbocycles. The van der Waals surface area contributed by atoms with Crippen molar-refractivity contribution in [3.8, 4) is 0 Å². The van der Waals surface area contributed by atoms with Gasteiger partial charge in [0.05, 0.1) is 0 Å². The summed E-state index contributed by atoms with van der Waals surface area (Å²) >= 11 is 5.83. The fourth-order valence-electron chi connectivity index (χ4n) is 1.34. The first-order chi connectivity index (χ1) is 5.68. The van der Waals surface area contributed by atoms with Crippen molar-refractivity contribution in [2.75, 3.05) is 5.32 Å². The lowest BCUT2D eigenvalue weighted by Gasteiger charge is -1.99. The molecule has 0 fully saturated rings. The lowest BCUT2D eigenvalue weighted by atomic mass is 10.1. The first kappa shape index (κ1) is 7.62. The zero-order valence-corrected chi connectivity index (χ0v) is 7.35. The average Bonchev–Trinajstić information content (AvgIpc) is 2.28. The van der Waals surface area contributed by atoms with Crippen molar-refractivity contribution < 1.29 is 4.79 Å². The minimum absolute atomic E-state index is 0.128. The second kappa shape index (κ2) is 2.49. The van der Waals surface area contributed by atoms with Crippen molar-refractivity contribution in [3.63, 3.8) is 0 Å². The van der Waals surface area contributed by atoms with Crippen LogP contribution in [0.15, 0.2) is 18.2 Å². The average molecular weight is 182 g/mol. The Kier molecular flexibility index (Phi) is 1.58. The molecule has 0 radical (unpaired) electrons. The summed E-state index contributed by atoms with van der Waals surface area (Å²) in [6.07, 6.45) is 0. The maximum Gasteiger partial charge on any atom is 0.247 e. The summed E-state index contributed by atoms with van der Waals surface area (Å²) in [5, 5.41) is 2.20. The zero-order chi connectivity index (χ0) is 8.72. The molecule has 3 heteroatoms. The number of carbonyl (C=O) groups is 1. The van der Waals surface area contributed by atoms with Crippen LogP contribution in [0, 0.1) is 6.92 Å². The summed E-state index contributed by atoms with van der Waals surface area (Å²) in [6, 6.07) is 5.77. The molecule has 1 aliphatic rings. The van der Waals surface area contributed by atoms with Crippen molar-refractivity contribution >= 4 is 23.2 Å². The Morgan fingerprint density at radius 2 is 2.25 bits per heavy atom. The Labute approximate surface area is 75.5 Å². The molecule has 0 saturated heterocycles. The number of rotatable bonds is 0. The molecule has 1 N–H and O–H groups in total. The van der Waals surface area contributed by atoms with E-state index >= 15 is 0 Å². The molecule has 1 amide bonds. The number of aryl methyl sites for hydroxylation is 1. The predicted molar refractivity (Wildman–Crippen MR) is 48.4 cm³/mol. The van der Waals surface area contributed by atoms with E-state index in [4.69, 9.17) is 11.6 Å². The Hall–Kier alpha value is -1.02. The van der Waals surface area contributed by atoms with Crippen LogP contribution in [0.3, 0.4) is 0 Å². The Bertz CT molecular complexity index is 348. The zero-order valence-electron chi connectivity index (χ0n) is 6.60. The topological polar surface area (TPSA) is 29.1 Å². The molecule has 2 rings (SSSR count). The van der Waals surface area contributed by atoms with Crippen molar-refractivity contribution in [2.24, 2.45) is 0 Å². The van der Waals surface area contributed by atoms with Crippen LogP contribution >= 0.6 is 11.6 Å². The number of nitrogens with one attached hydrogen (secondary N) is 1. The summed E-state index contributed by atoms with van der Waals surface area (Å²) in [6.45, 7) is 1.98. The van der Waals surface area contributed by atoms with Crippen molar-refractivity contribution in [3.05, 3.63) is 29.3 Å². The van der Waals surface area contributed by atoms with Crippen LogP contribution in [0.4, 0.5) is 5.69 Å². The van der Waals surface area contributed by atoms with Gasteiger partial charge in [-0.3, -0.25) is 4.79 Å². The van der Waals surface area contributed by atoms with Gasteiger partial charge < -0.3 is 5.32 Å². The minimum atomic E-state index is -0.513. The van der Waals surface area contributed by atoms with E-state index in [1.54, 1.807) is 0 Å². The molecule has 0 aliphatic carbocycles. The largest absolute Gasteiger partial charge is 0.324 e. The lowest BCUT2D eigenvalue weighted by Crippen LogP contribution is -2.06. The van der Waals surface area contributed by atoms with Crippen molar-refractivity contribution in [2.45, 2.75) is 12.3 Å². The van der Waals surface area contributed by atoms with Gasteiger partial charge in [0.2, 0.25) is 5.91 Å². The summed E-state index contributed by atoms with van der Waals surface area (Å²) < 4.78 is 0. The summed E-state index contributed by atoms with van der Waals surface area (Å²) in [5.74, 6) is -0.128. The Morgan fingerprint density at radius 1 is 1.50 bits per heavy atom. The summed E-state index contributed by atoms with van der Waals surface area (Å²) in [7, 11) is 0. The third-order valence-corrected chi connectivity index (χ3v) is 2.40. The molecule has 0 aromatic heterocycles. The standard InChI is InChI=1S/C9H8ClNO/c1-5-2-3-6-7(4-5)11-9(12)8(6)10/h2-4,8H,1H3,(H,11,12). The number of benzene rings is 1. The van der Waals surface area contributed by atoms with Crippen molar-refractivity contribution in [1.82, 2.24) is 0 Å². The van der Waals surface area contributed by atoms with E-state index in [-0.39, 0.29) is 5.91 Å². The number of anilines is 1. The first-order valence-corrected chi connectivity index (χ1v) is 4.17. The Morgan fingerprint density at radius 3 is 3.00 bits per heavy atom. The number of amides is 1. The molecular formula is C9H8ClNO. The smallest absolute Gasteiger partial charge is 0.247 e. The van der Waals surface area contributed by atoms with Gasteiger partial charge >= 0.3 is 0 Å². The van der Waals surface area contributed by atoms with E-state index < -0.39 is 5.38 Å². The van der Waals surface area contributed by atoms with Crippen molar-refractivity contribution in [1.29, 1.82) is 0 Å². The number of fused-ring (bicyclic) bond motifs is 1. The monoisotopic (exact) mass is 181 g/mol. The summed E-state index contributed by atoms with van der Waals surface area (Å²) in [5.41, 5.74) is 2.85. The van der Waals surface area contributed by atoms with Crippen LogP contribution in [0.25, 0.3) is 0 Å². The maximum atomic E-state index is 11.1. The highest BCUT2D eigenvalue weighted by Gasteiger charge is 2.27. The molecule has 1 atom stereocenters. The van der Waals surface area contributed by atoms with E-state index in [1.807, 2.05) is 25.1 Å². The molecular weight excluding hydrogens is 174 g/mol. The van der Waals surface area contributed by atoms with Crippen LogP contribution in [0.5, 0.6) is 0 Å². The molecule has 1 heterocycles. The maximum absolute atomic E-state index is 11.1. The normalized spacial score (nSPS) is 20.5. The number of carbonyl (C=O) groups excluding carboxylic acids is 1. The fourth-order valence-corrected chi connectivity index (χ4v) is 1.58. The molecule has 0 saturated carbocycles. The molecule has 0 bridgehead atoms. The van der Waals surface area contributed by atoms with Crippen LogP contribution < -0.4 is 5.32 Å². The third kappa shape index (κ3) is 0.994. The number of hydrogen-bond donors (Lipinski definition) is 1. The molecule has 1 unspecified atom stereocenters. The SMILES string of the molecule is Cc1ccc2c(c1)NC(=O)C2Cl. The highest BCUT2D eigenvalue weighted by molar-refractivity contribution is 6.35. The van der Waals surface area contributed by atoms with Gasteiger partial charge in [-0.2, -0.15) is 0 Å². The molecule has 1 aromatic rings. The van der Waals surface area contributed by atoms with E-state index in [9.17, 15) is 4.79 Å². The highest BCUT2D eigenvalue weighted by atomic mass is 35.5. The van der Waals surface area contributed by atoms with Crippen LogP contribution in [-0.2, 0) is 4.79 Å². The van der Waals surface area contributed by atoms with Gasteiger partial charge in [-0.05, 0) is 18.6 Å². The predicted octanol–water partition coefficient (Wildman–Crippen LogP) is 2.23. The summed E-state index contributed by atoms with van der Waals surface area (Å²) in [4.78, 5) is 11.1. The molecule has 2 nitrogen and oxygen atoms in total. The molecule has 0 spiro atoms. The fraction of sp³-hybridized carbons (Fsp3) is 0.222. The van der Waals surface area contributed by atoms with Gasteiger partial charge in [0, 0.05) is 11.3 Å². The molecule has 12 heavy (non-hydrogen) atoms. The van der Waals surface area contributed by atoms with E-state index in [1.165, 1.54) is 0 Å². The van der Waals surface area contributed by atoms with Gasteiger partial charge in [0.15, 0.2) is 0 Å². The molecule has 62 valence electrons. The van der Waals surface area contributed by atoms with Gasteiger partial charge in [-0.25, -0.2) is 0 Å². The van der Waals surface area contributed by atoms with Gasteiger partial charge in [0.25, 0.3) is 0 Å². The van der Waals surface area contributed by atoms with E-state index in [2.05, 4.69) is 5.32 Å². The lowest BCUT2D eigenvalue weighted by molar-refractivity contribution is -0.115. The molecule has 1 aliphatic heterocycles. The van der Waals surface area contributed by atoms with Gasteiger partial charge in [0.1, 0.15) is 5.38 Å². The van der Waals surface area contributed by atoms with Crippen LogP contribution in [-0.4, -0.2) is 5.91 Å². The second-order valence-electron chi connectivity index (χ2n) is 2.94. The third-order valence-electron chi connectivity index (χ3n) is 1.97. The highest BCUT2D eigenvalue weighted by Crippen LogP contribution is 2.35. The second-order valence-corrected chi connectivity index (χ2v) is 3.38. The number of halogens is 1. The number of alkyl halides is 1. The van der Waals surface area contributed by atoms with Gasteiger partial charge in [-0.1, -0.05) is 12.1 Å². The Balaban J connectivity index is 2.54. The minimum Gasteiger partial charge on any atom is -0.324 e. The van der Waals surface area contributed by atoms with E-state index in [0.717, 1.165) is 16.8 Å². The van der Waals surface area contributed by atoms with E-state index in [0.29, 0.717) is 0 Å². The first-order valence-electron chi connectivity index (χ1n) is 3.74. The van der Waals surface area contributed by atoms with Crippen LogP contribution in [0.2, 0.25) is 0 Å². The van der Waals surface area contributed by atoms with Crippen LogP contribution in [0.1, 0.15) is 16.5 Å². The quantitative estimate of drug-likeness (QED) is 0.611. The number of hydrogen-bond acceptors (Lipinski definition) is 1. The van der Waals surface area contributed by atoms with Gasteiger partial charge in [-0.15, -0.1) is 11.6 Å².